The van der Waals surface area contributed by atoms with Crippen LogP contribution in [0.4, 0.5) is 0 Å². The highest BCUT2D eigenvalue weighted by molar-refractivity contribution is 5.77. The molecule has 0 radical (unpaired) electrons. The molecular formula is C17H25N3O2. The number of carbonyl (C=O) groups is 1. The minimum atomic E-state index is -0.193. The fraction of sp³-hybridized carbons (Fsp3) is 0.647. The lowest BCUT2D eigenvalue weighted by Gasteiger charge is -2.35. The number of primary amides is 1. The van der Waals surface area contributed by atoms with Crippen molar-refractivity contribution in [1.82, 2.24) is 9.88 Å². The molecule has 120 valence electrons. The molecule has 3 rings (SSSR count). The average Bonchev–Trinajstić information content (AvgIpc) is 3.04. The fourth-order valence-electron chi connectivity index (χ4n) is 3.72. The molecule has 0 unspecified atom stereocenters. The van der Waals surface area contributed by atoms with Crippen molar-refractivity contribution in [2.75, 3.05) is 26.2 Å². The van der Waals surface area contributed by atoms with Gasteiger partial charge in [-0.25, -0.2) is 0 Å². The maximum atomic E-state index is 11.5. The van der Waals surface area contributed by atoms with E-state index in [2.05, 4.69) is 16.0 Å². The zero-order valence-electron chi connectivity index (χ0n) is 13.0. The summed E-state index contributed by atoms with van der Waals surface area (Å²) in [6.07, 6.45) is 7.84. The third kappa shape index (κ3) is 3.65. The molecule has 0 bridgehead atoms. The van der Waals surface area contributed by atoms with Crippen molar-refractivity contribution in [3.05, 3.63) is 30.1 Å². The van der Waals surface area contributed by atoms with Crippen LogP contribution in [0.5, 0.6) is 0 Å². The SMILES string of the molecule is NC(=O)[C@H]1CCO[C@@H]1C1CCN(CCc2cccnc2)CC1. The van der Waals surface area contributed by atoms with Crippen LogP contribution in [-0.2, 0) is 16.0 Å². The lowest BCUT2D eigenvalue weighted by Crippen LogP contribution is -2.42. The maximum absolute atomic E-state index is 11.5. The highest BCUT2D eigenvalue weighted by Crippen LogP contribution is 2.32. The molecule has 0 aliphatic carbocycles. The van der Waals surface area contributed by atoms with E-state index in [-0.39, 0.29) is 17.9 Å². The Morgan fingerprint density at radius 2 is 2.18 bits per heavy atom. The largest absolute Gasteiger partial charge is 0.377 e. The van der Waals surface area contributed by atoms with Gasteiger partial charge in [0, 0.05) is 25.5 Å². The van der Waals surface area contributed by atoms with Crippen molar-refractivity contribution in [3.63, 3.8) is 0 Å². The summed E-state index contributed by atoms with van der Waals surface area (Å²) in [6, 6.07) is 4.12. The van der Waals surface area contributed by atoms with Gasteiger partial charge in [0.05, 0.1) is 12.0 Å². The Morgan fingerprint density at radius 1 is 1.36 bits per heavy atom. The zero-order chi connectivity index (χ0) is 15.4. The summed E-state index contributed by atoms with van der Waals surface area (Å²) in [5, 5.41) is 0. The van der Waals surface area contributed by atoms with Gasteiger partial charge < -0.3 is 15.4 Å². The number of nitrogens with zero attached hydrogens (tertiary/aromatic N) is 2. The van der Waals surface area contributed by atoms with E-state index in [0.29, 0.717) is 12.5 Å². The Labute approximate surface area is 131 Å². The Bertz CT molecular complexity index is 486. The second-order valence-corrected chi connectivity index (χ2v) is 6.42. The van der Waals surface area contributed by atoms with Gasteiger partial charge in [-0.15, -0.1) is 0 Å². The van der Waals surface area contributed by atoms with Crippen LogP contribution in [0.3, 0.4) is 0 Å². The van der Waals surface area contributed by atoms with Gasteiger partial charge in [0.1, 0.15) is 0 Å². The van der Waals surface area contributed by atoms with E-state index in [1.807, 2.05) is 18.5 Å². The first-order valence-electron chi connectivity index (χ1n) is 8.26. The van der Waals surface area contributed by atoms with E-state index in [1.165, 1.54) is 5.56 Å². The van der Waals surface area contributed by atoms with E-state index in [9.17, 15) is 4.79 Å². The van der Waals surface area contributed by atoms with Gasteiger partial charge in [0.25, 0.3) is 0 Å². The third-order valence-electron chi connectivity index (χ3n) is 5.04. The van der Waals surface area contributed by atoms with Crippen LogP contribution in [0.1, 0.15) is 24.8 Å². The molecule has 2 N–H and O–H groups in total. The van der Waals surface area contributed by atoms with Gasteiger partial charge in [0.2, 0.25) is 5.91 Å². The van der Waals surface area contributed by atoms with Crippen LogP contribution in [0, 0.1) is 11.8 Å². The number of amides is 1. The second-order valence-electron chi connectivity index (χ2n) is 6.42. The first kappa shape index (κ1) is 15.4. The van der Waals surface area contributed by atoms with Crippen molar-refractivity contribution in [1.29, 1.82) is 0 Å². The molecule has 3 heterocycles. The van der Waals surface area contributed by atoms with Gasteiger partial charge in [-0.2, -0.15) is 0 Å². The van der Waals surface area contributed by atoms with Crippen LogP contribution in [-0.4, -0.2) is 48.1 Å². The molecule has 22 heavy (non-hydrogen) atoms. The van der Waals surface area contributed by atoms with Crippen molar-refractivity contribution in [2.24, 2.45) is 17.6 Å². The molecular weight excluding hydrogens is 278 g/mol. The van der Waals surface area contributed by atoms with Gasteiger partial charge in [-0.3, -0.25) is 9.78 Å². The van der Waals surface area contributed by atoms with E-state index in [1.54, 1.807) is 0 Å². The summed E-state index contributed by atoms with van der Waals surface area (Å²) in [4.78, 5) is 18.2. The predicted molar refractivity (Wildman–Crippen MR) is 84.1 cm³/mol. The molecule has 0 aromatic carbocycles. The number of likely N-dealkylation sites (tertiary alicyclic amines) is 1. The van der Waals surface area contributed by atoms with Crippen molar-refractivity contribution in [3.8, 4) is 0 Å². The average molecular weight is 303 g/mol. The highest BCUT2D eigenvalue weighted by Gasteiger charge is 2.39. The molecule has 0 spiro atoms. The fourth-order valence-corrected chi connectivity index (χ4v) is 3.72. The van der Waals surface area contributed by atoms with Crippen LogP contribution < -0.4 is 5.73 Å². The molecule has 1 amide bonds. The molecule has 0 saturated carbocycles. The molecule has 2 saturated heterocycles. The van der Waals surface area contributed by atoms with Crippen LogP contribution in [0.25, 0.3) is 0 Å². The third-order valence-corrected chi connectivity index (χ3v) is 5.04. The summed E-state index contributed by atoms with van der Waals surface area (Å²) >= 11 is 0. The summed E-state index contributed by atoms with van der Waals surface area (Å²) in [5.41, 5.74) is 6.79. The Hall–Kier alpha value is -1.46. The van der Waals surface area contributed by atoms with Crippen LogP contribution in [0.2, 0.25) is 0 Å². The Morgan fingerprint density at radius 3 is 2.86 bits per heavy atom. The molecule has 1 aromatic rings. The monoisotopic (exact) mass is 303 g/mol. The molecule has 2 aliphatic heterocycles. The minimum Gasteiger partial charge on any atom is -0.377 e. The lowest BCUT2D eigenvalue weighted by atomic mass is 9.84. The topological polar surface area (TPSA) is 68.5 Å². The lowest BCUT2D eigenvalue weighted by molar-refractivity contribution is -0.124. The number of rotatable bonds is 5. The maximum Gasteiger partial charge on any atom is 0.223 e. The van der Waals surface area contributed by atoms with E-state index in [0.717, 1.165) is 45.3 Å². The normalized spacial score (nSPS) is 27.1. The number of hydrogen-bond donors (Lipinski definition) is 1. The van der Waals surface area contributed by atoms with Crippen molar-refractivity contribution < 1.29 is 9.53 Å². The summed E-state index contributed by atoms with van der Waals surface area (Å²) < 4.78 is 5.80. The number of ether oxygens (including phenoxy) is 1. The van der Waals surface area contributed by atoms with E-state index < -0.39 is 0 Å². The number of piperidine rings is 1. The quantitative estimate of drug-likeness (QED) is 0.888. The van der Waals surface area contributed by atoms with E-state index >= 15 is 0 Å². The molecule has 5 heteroatoms. The molecule has 2 fully saturated rings. The highest BCUT2D eigenvalue weighted by atomic mass is 16.5. The standard InChI is InChI=1S/C17H25N3O2/c18-17(21)15-6-11-22-16(15)14-4-9-20(10-5-14)8-3-13-2-1-7-19-12-13/h1-2,7,12,14-16H,3-6,8-11H2,(H2,18,21)/t15-,16+/m0/s1. The molecule has 1 aromatic heterocycles. The summed E-state index contributed by atoms with van der Waals surface area (Å²) in [5.74, 6) is 0.211. The summed E-state index contributed by atoms with van der Waals surface area (Å²) in [7, 11) is 0. The van der Waals surface area contributed by atoms with Crippen molar-refractivity contribution in [2.45, 2.75) is 31.8 Å². The molecule has 2 aliphatic rings. The van der Waals surface area contributed by atoms with Gasteiger partial charge in [0.15, 0.2) is 0 Å². The number of nitrogens with two attached hydrogens (primary N) is 1. The van der Waals surface area contributed by atoms with Gasteiger partial charge in [-0.05, 0) is 56.3 Å². The van der Waals surface area contributed by atoms with Crippen molar-refractivity contribution >= 4 is 5.91 Å². The Balaban J connectivity index is 1.45. The first-order valence-corrected chi connectivity index (χ1v) is 8.26. The number of carbonyl (C=O) groups excluding carboxylic acids is 1. The van der Waals surface area contributed by atoms with Gasteiger partial charge in [-0.1, -0.05) is 6.07 Å². The minimum absolute atomic E-state index is 0.0537. The van der Waals surface area contributed by atoms with E-state index in [4.69, 9.17) is 10.5 Å². The predicted octanol–water partition coefficient (Wildman–Crippen LogP) is 1.23. The molecule has 2 atom stereocenters. The number of hydrogen-bond acceptors (Lipinski definition) is 4. The smallest absolute Gasteiger partial charge is 0.223 e. The number of aromatic nitrogens is 1. The zero-order valence-corrected chi connectivity index (χ0v) is 13.0. The van der Waals surface area contributed by atoms with Gasteiger partial charge >= 0.3 is 0 Å². The second kappa shape index (κ2) is 7.20. The van der Waals surface area contributed by atoms with Crippen LogP contribution in [0.15, 0.2) is 24.5 Å². The number of pyridine rings is 1. The Kier molecular flexibility index (Phi) is 5.05. The van der Waals surface area contributed by atoms with Crippen LogP contribution >= 0.6 is 0 Å². The summed E-state index contributed by atoms with van der Waals surface area (Å²) in [6.45, 7) is 3.91. The first-order chi connectivity index (χ1) is 10.7. The molecule has 5 nitrogen and oxygen atoms in total.